The molecule has 214 valence electrons. The summed E-state index contributed by atoms with van der Waals surface area (Å²) in [4.78, 5) is 0.243. The van der Waals surface area contributed by atoms with Gasteiger partial charge in [-0.2, -0.15) is 0 Å². The highest BCUT2D eigenvalue weighted by molar-refractivity contribution is 7.94. The van der Waals surface area contributed by atoms with Gasteiger partial charge in [-0.25, -0.2) is 8.42 Å². The second-order valence-electron chi connectivity index (χ2n) is 13.1. The largest absolute Gasteiger partial charge is 0.546 e. The van der Waals surface area contributed by atoms with E-state index in [4.69, 9.17) is 18.3 Å². The minimum absolute atomic E-state index is 0.0206. The van der Waals surface area contributed by atoms with Crippen LogP contribution in [0.3, 0.4) is 0 Å². The third kappa shape index (κ3) is 8.76. The third-order valence-electron chi connectivity index (χ3n) is 8.25. The van der Waals surface area contributed by atoms with Crippen molar-refractivity contribution in [2.24, 2.45) is 11.8 Å². The van der Waals surface area contributed by atoms with Crippen molar-refractivity contribution in [3.63, 3.8) is 0 Å². The second kappa shape index (κ2) is 12.5. The minimum atomic E-state index is -3.73. The van der Waals surface area contributed by atoms with Gasteiger partial charge in [0.25, 0.3) is 0 Å². The fourth-order valence-corrected chi connectivity index (χ4v) is 7.17. The summed E-state index contributed by atoms with van der Waals surface area (Å²) in [6.07, 6.45) is -1.02. The van der Waals surface area contributed by atoms with Crippen molar-refractivity contribution < 1.29 is 26.7 Å². The van der Waals surface area contributed by atoms with Crippen molar-refractivity contribution >= 4 is 26.5 Å². The van der Waals surface area contributed by atoms with Gasteiger partial charge in [-0.1, -0.05) is 73.6 Å². The maximum absolute atomic E-state index is 13.5. The van der Waals surface area contributed by atoms with Crippen LogP contribution in [0.5, 0.6) is 0 Å². The Hall–Kier alpha value is -0.976. The van der Waals surface area contributed by atoms with Gasteiger partial charge in [0.05, 0.1) is 22.2 Å². The third-order valence-corrected chi connectivity index (χ3v) is 18.6. The highest BCUT2D eigenvalue weighted by Crippen LogP contribution is 2.43. The second-order valence-corrected chi connectivity index (χ2v) is 24.3. The quantitative estimate of drug-likeness (QED) is 0.146. The first-order valence-corrected chi connectivity index (χ1v) is 20.4. The monoisotopic (exact) mass is 572 g/mol. The number of methoxy groups -OCH3 is 2. The molecule has 0 aliphatic heterocycles. The van der Waals surface area contributed by atoms with E-state index in [-0.39, 0.29) is 26.8 Å². The van der Waals surface area contributed by atoms with E-state index < -0.39 is 38.9 Å². The molecule has 0 bridgehead atoms. The molecule has 0 saturated heterocycles. The SMILES string of the molecule is COC(OC)[C@H](O[Si](C)(C)C(C)(C)C)[C@H](C)[C@@H](C)C(=CS(=O)(=O)c1ccccc1)O[Si](C)(C)C(C)(C)C. The van der Waals surface area contributed by atoms with Gasteiger partial charge in [0.15, 0.2) is 14.6 Å². The number of hydrogen-bond donors (Lipinski definition) is 0. The minimum Gasteiger partial charge on any atom is -0.546 e. The molecule has 0 saturated carbocycles. The molecule has 1 rings (SSSR count). The summed E-state index contributed by atoms with van der Waals surface area (Å²) >= 11 is 0. The number of hydrogen-bond acceptors (Lipinski definition) is 6. The van der Waals surface area contributed by atoms with Gasteiger partial charge in [-0.05, 0) is 54.3 Å². The van der Waals surface area contributed by atoms with E-state index in [2.05, 4.69) is 74.7 Å². The van der Waals surface area contributed by atoms with Gasteiger partial charge >= 0.3 is 0 Å². The average Bonchev–Trinajstić information content (AvgIpc) is 2.76. The summed E-state index contributed by atoms with van der Waals surface area (Å²) in [5.74, 6) is 0.00827. The van der Waals surface area contributed by atoms with Crippen LogP contribution in [0.2, 0.25) is 36.3 Å². The van der Waals surface area contributed by atoms with Gasteiger partial charge < -0.3 is 18.3 Å². The lowest BCUT2D eigenvalue weighted by Gasteiger charge is -2.44. The molecule has 0 amide bonds. The molecule has 0 fully saturated rings. The Balaban J connectivity index is 3.66. The van der Waals surface area contributed by atoms with Crippen LogP contribution >= 0.6 is 0 Å². The number of benzene rings is 1. The maximum Gasteiger partial charge on any atom is 0.250 e. The molecule has 0 aromatic heterocycles. The Morgan fingerprint density at radius 2 is 1.30 bits per heavy atom. The van der Waals surface area contributed by atoms with Crippen LogP contribution in [-0.2, 0) is 28.2 Å². The highest BCUT2D eigenvalue weighted by Gasteiger charge is 2.45. The summed E-state index contributed by atoms with van der Waals surface area (Å²) in [5.41, 5.74) is 0. The fraction of sp³-hybridized carbons (Fsp3) is 0.714. The van der Waals surface area contributed by atoms with Crippen molar-refractivity contribution in [2.75, 3.05) is 14.2 Å². The summed E-state index contributed by atoms with van der Waals surface area (Å²) in [6, 6.07) is 8.48. The molecule has 3 atom stereocenters. The van der Waals surface area contributed by atoms with Gasteiger partial charge in [0, 0.05) is 20.1 Å². The van der Waals surface area contributed by atoms with Crippen LogP contribution in [0.1, 0.15) is 55.4 Å². The number of ether oxygens (including phenoxy) is 2. The zero-order valence-electron chi connectivity index (χ0n) is 25.6. The van der Waals surface area contributed by atoms with Gasteiger partial charge in [0.1, 0.15) is 0 Å². The first-order valence-electron chi connectivity index (χ1n) is 13.1. The number of sulfone groups is 1. The standard InChI is InChI=1S/C28H52O6SSi2/c1-21(22(2)25(26(31-9)32-10)34-37(13,14)28(6,7)8)24(33-36(11,12)27(3,4)5)20-35(29,30)23-18-16-15-17-19-23/h15-22,25-26H,1-14H3/t21-,22-,25-/m1/s1. The van der Waals surface area contributed by atoms with Crippen LogP contribution in [-0.4, -0.2) is 51.7 Å². The predicted molar refractivity (Wildman–Crippen MR) is 158 cm³/mol. The lowest BCUT2D eigenvalue weighted by molar-refractivity contribution is -0.175. The highest BCUT2D eigenvalue weighted by atomic mass is 32.2. The lowest BCUT2D eigenvalue weighted by atomic mass is 9.89. The summed E-state index contributed by atoms with van der Waals surface area (Å²) in [5, 5.41) is 1.19. The number of allylic oxidation sites excluding steroid dienone is 1. The van der Waals surface area contributed by atoms with Crippen LogP contribution in [0.4, 0.5) is 0 Å². The van der Waals surface area contributed by atoms with Crippen LogP contribution in [0, 0.1) is 11.8 Å². The maximum atomic E-state index is 13.5. The number of rotatable bonds is 12. The van der Waals surface area contributed by atoms with Gasteiger partial charge in [-0.15, -0.1) is 0 Å². The zero-order chi connectivity index (χ0) is 29.0. The molecule has 0 aliphatic carbocycles. The molecule has 9 heteroatoms. The molecule has 0 heterocycles. The Morgan fingerprint density at radius 3 is 1.70 bits per heavy atom. The van der Waals surface area contributed by atoms with E-state index in [9.17, 15) is 8.42 Å². The summed E-state index contributed by atoms with van der Waals surface area (Å²) in [6.45, 7) is 25.7. The van der Waals surface area contributed by atoms with Crippen molar-refractivity contribution in [3.8, 4) is 0 Å². The molecule has 0 N–H and O–H groups in total. The smallest absolute Gasteiger partial charge is 0.250 e. The van der Waals surface area contributed by atoms with Crippen LogP contribution in [0.15, 0.2) is 46.4 Å². The Morgan fingerprint density at radius 1 is 0.838 bits per heavy atom. The molecule has 1 aromatic rings. The Bertz CT molecular complexity index is 988. The molecule has 0 spiro atoms. The molecule has 6 nitrogen and oxygen atoms in total. The van der Waals surface area contributed by atoms with Crippen LogP contribution < -0.4 is 0 Å². The van der Waals surface area contributed by atoms with E-state index in [1.807, 2.05) is 6.92 Å². The van der Waals surface area contributed by atoms with E-state index >= 15 is 0 Å². The fourth-order valence-electron chi connectivity index (χ4n) is 3.34. The van der Waals surface area contributed by atoms with Crippen molar-refractivity contribution in [1.29, 1.82) is 0 Å². The first kappa shape index (κ1) is 34.1. The van der Waals surface area contributed by atoms with E-state index in [0.29, 0.717) is 5.76 Å². The van der Waals surface area contributed by atoms with Crippen LogP contribution in [0.25, 0.3) is 0 Å². The molecule has 0 unspecified atom stereocenters. The van der Waals surface area contributed by atoms with E-state index in [1.165, 1.54) is 5.41 Å². The first-order chi connectivity index (χ1) is 16.6. The molecular weight excluding hydrogens is 521 g/mol. The topological polar surface area (TPSA) is 71.1 Å². The molecular formula is C28H52O6SSi2. The Kier molecular flexibility index (Phi) is 11.5. The van der Waals surface area contributed by atoms with Crippen molar-refractivity contribution in [3.05, 3.63) is 41.5 Å². The summed E-state index contributed by atoms with van der Waals surface area (Å²) in [7, 11) is -5.09. The lowest BCUT2D eigenvalue weighted by Crippen LogP contribution is -2.51. The van der Waals surface area contributed by atoms with Crippen molar-refractivity contribution in [1.82, 2.24) is 0 Å². The predicted octanol–water partition coefficient (Wildman–Crippen LogP) is 7.61. The summed E-state index contributed by atoms with van der Waals surface area (Å²) < 4.78 is 51.9. The van der Waals surface area contributed by atoms with Gasteiger partial charge in [-0.3, -0.25) is 0 Å². The molecule has 37 heavy (non-hydrogen) atoms. The van der Waals surface area contributed by atoms with E-state index in [1.54, 1.807) is 44.6 Å². The van der Waals surface area contributed by atoms with Gasteiger partial charge in [0.2, 0.25) is 18.2 Å². The normalized spacial score (nSPS) is 17.0. The Labute approximate surface area is 229 Å². The molecule has 0 radical (unpaired) electrons. The average molecular weight is 573 g/mol. The van der Waals surface area contributed by atoms with E-state index in [0.717, 1.165) is 0 Å². The zero-order valence-corrected chi connectivity index (χ0v) is 28.4. The van der Waals surface area contributed by atoms with Crippen molar-refractivity contribution in [2.45, 2.75) is 109 Å². The molecule has 1 aromatic carbocycles. The molecule has 0 aliphatic rings.